The molecule has 0 fully saturated rings. The molecule has 1 heterocycles. The maximum Gasteiger partial charge on any atom is 0.406 e. The van der Waals surface area contributed by atoms with Crippen molar-refractivity contribution in [2.75, 3.05) is 0 Å². The number of hydrazine groups is 1. The molecule has 0 radical (unpaired) electrons. The molecule has 3 N–H and O–H groups in total. The summed E-state index contributed by atoms with van der Waals surface area (Å²) in [5.74, 6) is 4.37. The first-order valence-electron chi connectivity index (χ1n) is 5.30. The smallest absolute Gasteiger partial charge is 0.406 e. The third kappa shape index (κ3) is 3.98. The minimum absolute atomic E-state index is 0.0863. The summed E-state index contributed by atoms with van der Waals surface area (Å²) in [4.78, 5) is 24.6. The summed E-state index contributed by atoms with van der Waals surface area (Å²) in [7, 11) is 0. The highest BCUT2D eigenvalue weighted by Crippen LogP contribution is 2.24. The third-order valence-electron chi connectivity index (χ3n) is 2.19. The van der Waals surface area contributed by atoms with E-state index in [9.17, 15) is 14.9 Å². The molecule has 1 rings (SSSR count). The molecule has 0 aliphatic carbocycles. The van der Waals surface area contributed by atoms with Crippen LogP contribution in [0.4, 0.5) is 5.82 Å². The Kier molecular flexibility index (Phi) is 5.00. The van der Waals surface area contributed by atoms with Crippen LogP contribution in [0.1, 0.15) is 19.8 Å². The Labute approximate surface area is 103 Å². The van der Waals surface area contributed by atoms with Gasteiger partial charge in [0.25, 0.3) is 0 Å². The van der Waals surface area contributed by atoms with Gasteiger partial charge in [0, 0.05) is 6.42 Å². The Morgan fingerprint density at radius 2 is 2.44 bits per heavy atom. The number of amides is 1. The first-order valence-corrected chi connectivity index (χ1v) is 5.30. The van der Waals surface area contributed by atoms with Gasteiger partial charge in [-0.1, -0.05) is 0 Å². The van der Waals surface area contributed by atoms with E-state index in [4.69, 9.17) is 10.6 Å². The molecule has 1 amide bonds. The van der Waals surface area contributed by atoms with Crippen LogP contribution in [0.5, 0.6) is 5.75 Å². The first-order chi connectivity index (χ1) is 8.54. The summed E-state index contributed by atoms with van der Waals surface area (Å²) in [6.07, 6.45) is 1.54. The molecule has 0 bridgehead atoms. The second kappa shape index (κ2) is 6.50. The number of hydrogen-bond donors (Lipinski definition) is 2. The fourth-order valence-corrected chi connectivity index (χ4v) is 1.29. The lowest BCUT2D eigenvalue weighted by Crippen LogP contribution is -2.30. The van der Waals surface area contributed by atoms with Crippen molar-refractivity contribution in [3.63, 3.8) is 0 Å². The van der Waals surface area contributed by atoms with Crippen LogP contribution in [0.15, 0.2) is 18.3 Å². The fraction of sp³-hybridized carbons (Fsp3) is 0.400. The van der Waals surface area contributed by atoms with Gasteiger partial charge in [0.2, 0.25) is 11.7 Å². The maximum absolute atomic E-state index is 10.9. The number of nitrogens with zero attached hydrogens (tertiary/aromatic N) is 2. The van der Waals surface area contributed by atoms with Gasteiger partial charge in [0.1, 0.15) is 6.20 Å². The second-order valence-corrected chi connectivity index (χ2v) is 3.62. The lowest BCUT2D eigenvalue weighted by Gasteiger charge is -2.13. The molecule has 1 aromatic rings. The summed E-state index contributed by atoms with van der Waals surface area (Å²) in [6, 6.07) is 3.01. The number of carbonyl (C=O) groups excluding carboxylic acids is 1. The number of carbonyl (C=O) groups is 1. The molecular formula is C10H14N4O4. The summed E-state index contributed by atoms with van der Waals surface area (Å²) in [5, 5.41) is 10.7. The van der Waals surface area contributed by atoms with Gasteiger partial charge >= 0.3 is 5.82 Å². The Balaban J connectivity index is 2.61. The predicted molar refractivity (Wildman–Crippen MR) is 62.5 cm³/mol. The van der Waals surface area contributed by atoms with E-state index < -0.39 is 4.92 Å². The van der Waals surface area contributed by atoms with Crippen molar-refractivity contribution >= 4 is 11.7 Å². The summed E-state index contributed by atoms with van der Waals surface area (Å²) in [5.41, 5.74) is 2.00. The summed E-state index contributed by atoms with van der Waals surface area (Å²) in [6.45, 7) is 1.71. The molecule has 8 nitrogen and oxygen atoms in total. The van der Waals surface area contributed by atoms with Crippen molar-refractivity contribution in [2.45, 2.75) is 25.9 Å². The molecule has 0 spiro atoms. The van der Waals surface area contributed by atoms with E-state index in [1.165, 1.54) is 12.3 Å². The van der Waals surface area contributed by atoms with Crippen LogP contribution in [0.25, 0.3) is 0 Å². The zero-order valence-electron chi connectivity index (χ0n) is 9.83. The molecule has 0 aromatic carbocycles. The lowest BCUT2D eigenvalue weighted by molar-refractivity contribution is -0.390. The Bertz CT molecular complexity index is 438. The van der Waals surface area contributed by atoms with E-state index in [0.29, 0.717) is 6.42 Å². The molecule has 0 aliphatic rings. The van der Waals surface area contributed by atoms with E-state index in [0.717, 1.165) is 0 Å². The molecule has 0 saturated carbocycles. The highest BCUT2D eigenvalue weighted by Gasteiger charge is 2.18. The topological polar surface area (TPSA) is 120 Å². The van der Waals surface area contributed by atoms with E-state index in [1.807, 2.05) is 5.43 Å². The molecule has 8 heteroatoms. The number of nitrogens with two attached hydrogens (primary N) is 1. The normalized spacial score (nSPS) is 11.7. The summed E-state index contributed by atoms with van der Waals surface area (Å²) >= 11 is 0. The van der Waals surface area contributed by atoms with Crippen LogP contribution in [-0.4, -0.2) is 21.9 Å². The molecule has 0 saturated heterocycles. The van der Waals surface area contributed by atoms with Crippen LogP contribution < -0.4 is 16.0 Å². The zero-order chi connectivity index (χ0) is 13.5. The number of nitro groups is 1. The van der Waals surface area contributed by atoms with Gasteiger partial charge < -0.3 is 14.9 Å². The lowest BCUT2D eigenvalue weighted by atomic mass is 10.2. The number of hydrogen-bond acceptors (Lipinski definition) is 6. The van der Waals surface area contributed by atoms with E-state index in [-0.39, 0.29) is 30.0 Å². The fourth-order valence-electron chi connectivity index (χ4n) is 1.29. The molecule has 98 valence electrons. The Morgan fingerprint density at radius 3 is 3.06 bits per heavy atom. The van der Waals surface area contributed by atoms with Crippen molar-refractivity contribution in [3.8, 4) is 5.75 Å². The van der Waals surface area contributed by atoms with Gasteiger partial charge in [-0.15, -0.1) is 0 Å². The number of ether oxygens (including phenoxy) is 1. The molecule has 1 aromatic heterocycles. The number of rotatable bonds is 6. The summed E-state index contributed by atoms with van der Waals surface area (Å²) < 4.78 is 5.38. The van der Waals surface area contributed by atoms with Crippen LogP contribution in [0, 0.1) is 10.1 Å². The van der Waals surface area contributed by atoms with Crippen molar-refractivity contribution in [1.29, 1.82) is 0 Å². The first kappa shape index (κ1) is 13.8. The quantitative estimate of drug-likeness (QED) is 0.330. The van der Waals surface area contributed by atoms with E-state index >= 15 is 0 Å². The van der Waals surface area contributed by atoms with E-state index in [1.54, 1.807) is 13.0 Å². The van der Waals surface area contributed by atoms with Crippen molar-refractivity contribution in [1.82, 2.24) is 10.4 Å². The highest BCUT2D eigenvalue weighted by atomic mass is 16.6. The van der Waals surface area contributed by atoms with Crippen LogP contribution in [0.2, 0.25) is 0 Å². The van der Waals surface area contributed by atoms with Gasteiger partial charge in [0.15, 0.2) is 0 Å². The maximum atomic E-state index is 10.9. The van der Waals surface area contributed by atoms with Gasteiger partial charge in [-0.05, 0) is 35.4 Å². The average Bonchev–Trinajstić information content (AvgIpc) is 2.36. The van der Waals surface area contributed by atoms with Crippen molar-refractivity contribution in [2.24, 2.45) is 5.84 Å². The minimum Gasteiger partial charge on any atom is -0.483 e. The molecule has 18 heavy (non-hydrogen) atoms. The molecule has 1 atom stereocenters. The third-order valence-corrected chi connectivity index (χ3v) is 2.19. The SMILES string of the molecule is CC(CCC(=O)NN)Oc1cccnc1[N+](=O)[O-]. The largest absolute Gasteiger partial charge is 0.483 e. The highest BCUT2D eigenvalue weighted by molar-refractivity contribution is 5.75. The predicted octanol–water partition coefficient (Wildman–Crippen LogP) is 0.527. The van der Waals surface area contributed by atoms with Crippen molar-refractivity contribution < 1.29 is 14.5 Å². The van der Waals surface area contributed by atoms with E-state index in [2.05, 4.69) is 4.98 Å². The van der Waals surface area contributed by atoms with Gasteiger partial charge in [-0.25, -0.2) is 5.84 Å². The molecular weight excluding hydrogens is 240 g/mol. The number of pyridine rings is 1. The van der Waals surface area contributed by atoms with Crippen LogP contribution in [-0.2, 0) is 4.79 Å². The van der Waals surface area contributed by atoms with Crippen LogP contribution >= 0.6 is 0 Å². The van der Waals surface area contributed by atoms with Gasteiger partial charge in [-0.2, -0.15) is 0 Å². The Hall–Kier alpha value is -2.22. The van der Waals surface area contributed by atoms with Gasteiger partial charge in [0.05, 0.1) is 6.10 Å². The zero-order valence-corrected chi connectivity index (χ0v) is 9.83. The second-order valence-electron chi connectivity index (χ2n) is 3.62. The minimum atomic E-state index is -0.616. The standard InChI is InChI=1S/C10H14N4O4/c1-7(4-5-9(15)13-11)18-8-3-2-6-12-10(8)14(16)17/h2-3,6-7H,4-5,11H2,1H3,(H,13,15). The number of aromatic nitrogens is 1. The molecule has 0 aliphatic heterocycles. The van der Waals surface area contributed by atoms with Crippen LogP contribution in [0.3, 0.4) is 0 Å². The van der Waals surface area contributed by atoms with Crippen molar-refractivity contribution in [3.05, 3.63) is 28.4 Å². The molecule has 1 unspecified atom stereocenters. The Morgan fingerprint density at radius 1 is 1.72 bits per heavy atom. The van der Waals surface area contributed by atoms with Gasteiger partial charge in [-0.3, -0.25) is 10.2 Å². The monoisotopic (exact) mass is 254 g/mol. The average molecular weight is 254 g/mol. The number of nitrogens with one attached hydrogen (secondary N) is 1.